The Morgan fingerprint density at radius 2 is 1.28 bits per heavy atom. The Morgan fingerprint density at radius 3 is 1.67 bits per heavy atom. The molecule has 36 heavy (non-hydrogen) atoms. The molecule has 0 heterocycles. The maximum atomic E-state index is 12.0. The standard InChI is InChI=1S/C12H24N6O12S6/c1-33(19,20)27-6-8(28-34(2,21)22)10(30-36(4,25)26)9(29-35(3,23)24)7(16-18-12(14)32)5-15-17-11(13)31/h5,8-10H,6H2,1-4H3,(H3,13,17,31)(H3,14,18,32)/b15-5+,16-7+. The summed E-state index contributed by atoms with van der Waals surface area (Å²) < 4.78 is 114. The Hall–Kier alpha value is -1.64. The molecule has 0 aliphatic heterocycles. The maximum absolute atomic E-state index is 12.0. The first kappa shape index (κ1) is 34.4. The minimum absolute atomic E-state index is 0.364. The minimum Gasteiger partial charge on any atom is -0.375 e. The zero-order valence-corrected chi connectivity index (χ0v) is 23.8. The molecule has 0 radical (unpaired) electrons. The van der Waals surface area contributed by atoms with Crippen molar-refractivity contribution in [2.75, 3.05) is 31.6 Å². The summed E-state index contributed by atoms with van der Waals surface area (Å²) in [6.45, 7) is -1.19. The number of nitrogens with two attached hydrogens (primary N) is 2. The molecule has 0 fully saturated rings. The van der Waals surface area contributed by atoms with Crippen LogP contribution in [0.5, 0.6) is 0 Å². The third-order valence-electron chi connectivity index (χ3n) is 2.93. The van der Waals surface area contributed by atoms with Crippen molar-refractivity contribution >= 4 is 87.1 Å². The van der Waals surface area contributed by atoms with Crippen LogP contribution in [-0.2, 0) is 57.2 Å². The van der Waals surface area contributed by atoms with E-state index in [0.29, 0.717) is 31.2 Å². The van der Waals surface area contributed by atoms with Crippen LogP contribution < -0.4 is 22.3 Å². The number of rotatable bonds is 15. The summed E-state index contributed by atoms with van der Waals surface area (Å²) in [4.78, 5) is 0. The molecule has 0 amide bonds. The molecule has 0 aromatic carbocycles. The Labute approximate surface area is 219 Å². The molecule has 0 aliphatic carbocycles. The molecule has 0 saturated heterocycles. The Balaban J connectivity index is 7.13. The van der Waals surface area contributed by atoms with Gasteiger partial charge in [-0.1, -0.05) is 0 Å². The summed E-state index contributed by atoms with van der Waals surface area (Å²) in [7, 11) is -17.8. The Morgan fingerprint density at radius 1 is 0.806 bits per heavy atom. The molecule has 0 aliphatic rings. The van der Waals surface area contributed by atoms with Crippen LogP contribution in [0.2, 0.25) is 0 Å². The number of hydrazone groups is 2. The van der Waals surface area contributed by atoms with Crippen LogP contribution in [0.25, 0.3) is 0 Å². The topological polar surface area (TPSA) is 274 Å². The van der Waals surface area contributed by atoms with Gasteiger partial charge in [-0.15, -0.1) is 0 Å². The summed E-state index contributed by atoms with van der Waals surface area (Å²) >= 11 is 9.17. The van der Waals surface area contributed by atoms with Crippen LogP contribution in [-0.4, -0.2) is 106 Å². The van der Waals surface area contributed by atoms with Crippen LogP contribution in [0.4, 0.5) is 0 Å². The van der Waals surface area contributed by atoms with Gasteiger partial charge in [-0.05, 0) is 24.4 Å². The summed E-state index contributed by atoms with van der Waals surface area (Å²) in [5.74, 6) is 0. The van der Waals surface area contributed by atoms with E-state index >= 15 is 0 Å². The van der Waals surface area contributed by atoms with E-state index in [1.165, 1.54) is 0 Å². The van der Waals surface area contributed by atoms with E-state index in [4.69, 9.17) is 24.0 Å². The van der Waals surface area contributed by atoms with Crippen LogP contribution in [0.3, 0.4) is 0 Å². The highest BCUT2D eigenvalue weighted by atomic mass is 32.2. The van der Waals surface area contributed by atoms with Gasteiger partial charge in [0.2, 0.25) is 0 Å². The first-order valence-corrected chi connectivity index (χ1v) is 16.8. The van der Waals surface area contributed by atoms with Crippen molar-refractivity contribution < 1.29 is 50.4 Å². The van der Waals surface area contributed by atoms with Crippen LogP contribution >= 0.6 is 24.4 Å². The predicted molar refractivity (Wildman–Crippen MR) is 136 cm³/mol. The maximum Gasteiger partial charge on any atom is 0.265 e. The summed E-state index contributed by atoms with van der Waals surface area (Å²) in [6, 6.07) is 0. The fraction of sp³-hybridized carbons (Fsp3) is 0.667. The predicted octanol–water partition coefficient (Wildman–Crippen LogP) is -3.99. The minimum atomic E-state index is -4.56. The van der Waals surface area contributed by atoms with Crippen molar-refractivity contribution in [2.45, 2.75) is 18.3 Å². The highest BCUT2D eigenvalue weighted by Crippen LogP contribution is 2.20. The van der Waals surface area contributed by atoms with Gasteiger partial charge in [0.25, 0.3) is 40.5 Å². The zero-order chi connectivity index (χ0) is 28.5. The normalized spacial score (nSPS) is 16.3. The van der Waals surface area contributed by atoms with E-state index in [1.807, 2.05) is 0 Å². The van der Waals surface area contributed by atoms with E-state index in [9.17, 15) is 33.7 Å². The van der Waals surface area contributed by atoms with Gasteiger partial charge in [0.1, 0.15) is 17.9 Å². The average molecular weight is 637 g/mol. The molecule has 210 valence electrons. The molecular formula is C12H24N6O12S6. The van der Waals surface area contributed by atoms with Crippen molar-refractivity contribution in [3.05, 3.63) is 0 Å². The molecule has 6 N–H and O–H groups in total. The largest absolute Gasteiger partial charge is 0.375 e. The van der Waals surface area contributed by atoms with Crippen molar-refractivity contribution in [3.63, 3.8) is 0 Å². The molecule has 0 rings (SSSR count). The van der Waals surface area contributed by atoms with Gasteiger partial charge in [-0.25, -0.2) is 0 Å². The first-order chi connectivity index (χ1) is 16.0. The van der Waals surface area contributed by atoms with Crippen LogP contribution in [0, 0.1) is 0 Å². The Kier molecular flexibility index (Phi) is 13.1. The van der Waals surface area contributed by atoms with E-state index in [-0.39, 0.29) is 5.11 Å². The quantitative estimate of drug-likeness (QED) is 0.0577. The van der Waals surface area contributed by atoms with Gasteiger partial charge in [-0.2, -0.15) is 43.9 Å². The number of hydrogen-bond acceptors (Lipinski definition) is 16. The molecule has 0 spiro atoms. The molecule has 0 aromatic heterocycles. The molecule has 3 atom stereocenters. The van der Waals surface area contributed by atoms with Gasteiger partial charge in [-0.3, -0.25) is 27.6 Å². The van der Waals surface area contributed by atoms with E-state index in [1.54, 1.807) is 0 Å². The molecular weight excluding hydrogens is 613 g/mol. The molecule has 18 nitrogen and oxygen atoms in total. The number of thiocarbonyl (C=S) groups is 2. The van der Waals surface area contributed by atoms with Gasteiger partial charge < -0.3 is 11.5 Å². The van der Waals surface area contributed by atoms with Crippen molar-refractivity contribution in [2.24, 2.45) is 21.7 Å². The lowest BCUT2D eigenvalue weighted by Crippen LogP contribution is -2.51. The van der Waals surface area contributed by atoms with E-state index in [2.05, 4.69) is 49.7 Å². The Bertz CT molecular complexity index is 1290. The highest BCUT2D eigenvalue weighted by Gasteiger charge is 2.42. The van der Waals surface area contributed by atoms with Gasteiger partial charge in [0.15, 0.2) is 16.3 Å². The molecule has 0 saturated carbocycles. The molecule has 0 bridgehead atoms. The SMILES string of the molecule is CS(=O)(=O)OCC(OS(C)(=O)=O)C(OS(C)(=O)=O)C(OS(C)(=O)=O)C(/C=N/NC(N)=S)=N/NC(N)=S. The molecule has 3 unspecified atom stereocenters. The molecule has 0 aromatic rings. The summed E-state index contributed by atoms with van der Waals surface area (Å²) in [5, 5.41) is 6.35. The second-order valence-electron chi connectivity index (χ2n) is 6.56. The highest BCUT2D eigenvalue weighted by molar-refractivity contribution is 7.86. The lowest BCUT2D eigenvalue weighted by molar-refractivity contribution is -0.00683. The lowest BCUT2D eigenvalue weighted by Gasteiger charge is -2.30. The second-order valence-corrected chi connectivity index (χ2v) is 13.9. The summed E-state index contributed by atoms with van der Waals surface area (Å²) in [5.41, 5.74) is 14.0. The van der Waals surface area contributed by atoms with Crippen molar-refractivity contribution in [3.8, 4) is 0 Å². The van der Waals surface area contributed by atoms with E-state index < -0.39 is 76.2 Å². The second kappa shape index (κ2) is 13.8. The molecule has 24 heteroatoms. The fourth-order valence-electron chi connectivity index (χ4n) is 2.01. The lowest BCUT2D eigenvalue weighted by atomic mass is 10.0. The van der Waals surface area contributed by atoms with Gasteiger partial charge in [0.05, 0.1) is 37.8 Å². The first-order valence-electron chi connectivity index (χ1n) is 8.70. The van der Waals surface area contributed by atoms with Crippen LogP contribution in [0.1, 0.15) is 0 Å². The van der Waals surface area contributed by atoms with Gasteiger partial charge in [0, 0.05) is 0 Å². The monoisotopic (exact) mass is 636 g/mol. The number of hydrogen-bond donors (Lipinski definition) is 4. The zero-order valence-electron chi connectivity index (χ0n) is 18.9. The van der Waals surface area contributed by atoms with E-state index in [0.717, 1.165) is 0 Å². The number of nitrogens with zero attached hydrogens (tertiary/aromatic N) is 2. The van der Waals surface area contributed by atoms with Crippen molar-refractivity contribution in [1.29, 1.82) is 0 Å². The third kappa shape index (κ3) is 17.7. The third-order valence-corrected chi connectivity index (χ3v) is 5.40. The van der Waals surface area contributed by atoms with Crippen molar-refractivity contribution in [1.82, 2.24) is 10.9 Å². The average Bonchev–Trinajstić information content (AvgIpc) is 2.61. The van der Waals surface area contributed by atoms with Crippen LogP contribution in [0.15, 0.2) is 10.2 Å². The fourth-order valence-corrected chi connectivity index (χ4v) is 4.32. The summed E-state index contributed by atoms with van der Waals surface area (Å²) in [6.07, 6.45) is -3.80. The number of nitrogens with one attached hydrogen (secondary N) is 2. The smallest absolute Gasteiger partial charge is 0.265 e. The van der Waals surface area contributed by atoms with Gasteiger partial charge >= 0.3 is 0 Å².